The van der Waals surface area contributed by atoms with Crippen LogP contribution in [0.3, 0.4) is 0 Å². The number of halogens is 2. The molecule has 0 atom stereocenters. The van der Waals surface area contributed by atoms with Crippen molar-refractivity contribution in [2.24, 2.45) is 0 Å². The predicted octanol–water partition coefficient (Wildman–Crippen LogP) is 3.22. The maximum atomic E-state index is 12.9. The summed E-state index contributed by atoms with van der Waals surface area (Å²) in [4.78, 5) is 19.0. The van der Waals surface area contributed by atoms with Gasteiger partial charge in [-0.15, -0.1) is 22.9 Å². The van der Waals surface area contributed by atoms with Gasteiger partial charge in [-0.3, -0.25) is 4.79 Å². The number of anilines is 1. The van der Waals surface area contributed by atoms with Crippen molar-refractivity contribution in [3.63, 3.8) is 0 Å². The summed E-state index contributed by atoms with van der Waals surface area (Å²) in [5.41, 5.74) is 1.53. The molecule has 19 heavy (non-hydrogen) atoms. The van der Waals surface area contributed by atoms with Gasteiger partial charge in [0.05, 0.1) is 11.6 Å². The highest BCUT2D eigenvalue weighted by molar-refractivity contribution is 7.14. The molecule has 3 rings (SSSR count). The van der Waals surface area contributed by atoms with Crippen molar-refractivity contribution in [1.82, 2.24) is 4.98 Å². The molecule has 2 aromatic rings. The van der Waals surface area contributed by atoms with E-state index in [1.807, 2.05) is 0 Å². The molecule has 1 aromatic heterocycles. The fraction of sp³-hybridized carbons (Fsp3) is 0.231. The third kappa shape index (κ3) is 2.24. The summed E-state index contributed by atoms with van der Waals surface area (Å²) in [6.45, 7) is 0.558. The summed E-state index contributed by atoms with van der Waals surface area (Å²) in [5.74, 6) is -0.0700. The van der Waals surface area contributed by atoms with Crippen molar-refractivity contribution >= 4 is 34.5 Å². The fourth-order valence-electron chi connectivity index (χ4n) is 2.10. The molecule has 6 heteroatoms. The summed E-state index contributed by atoms with van der Waals surface area (Å²) < 4.78 is 12.9. The van der Waals surface area contributed by atoms with Gasteiger partial charge in [0.1, 0.15) is 15.7 Å². The summed E-state index contributed by atoms with van der Waals surface area (Å²) in [7, 11) is 0. The van der Waals surface area contributed by atoms with Crippen LogP contribution in [0.5, 0.6) is 0 Å². The molecule has 98 valence electrons. The van der Waals surface area contributed by atoms with E-state index in [0.717, 1.165) is 10.7 Å². The number of aromatic nitrogens is 1. The average Bonchev–Trinajstić information content (AvgIpc) is 2.85. The van der Waals surface area contributed by atoms with Crippen molar-refractivity contribution in [2.75, 3.05) is 11.4 Å². The van der Waals surface area contributed by atoms with Crippen LogP contribution in [0, 0.1) is 5.82 Å². The molecule has 0 aliphatic carbocycles. The normalized spacial score (nSPS) is 14.6. The molecule has 0 saturated carbocycles. The summed E-state index contributed by atoms with van der Waals surface area (Å²) in [6, 6.07) is 5.94. The van der Waals surface area contributed by atoms with Crippen molar-refractivity contribution in [3.8, 4) is 0 Å². The molecule has 1 aromatic carbocycles. The van der Waals surface area contributed by atoms with Crippen LogP contribution in [0.2, 0.25) is 0 Å². The van der Waals surface area contributed by atoms with Crippen molar-refractivity contribution in [3.05, 3.63) is 45.7 Å². The number of carbonyl (C=O) groups excluding carboxylic acids is 1. The minimum atomic E-state index is -0.309. The van der Waals surface area contributed by atoms with Crippen LogP contribution >= 0.6 is 22.9 Å². The molecular formula is C13H10ClFN2OS. The third-order valence-corrected chi connectivity index (χ3v) is 4.50. The zero-order valence-electron chi connectivity index (χ0n) is 9.90. The molecule has 0 N–H and O–H groups in total. The van der Waals surface area contributed by atoms with Gasteiger partial charge in [-0.25, -0.2) is 9.37 Å². The first-order chi connectivity index (χ1) is 9.19. The van der Waals surface area contributed by atoms with Gasteiger partial charge in [-0.05, 0) is 24.3 Å². The minimum Gasteiger partial charge on any atom is -0.307 e. The molecular weight excluding hydrogens is 287 g/mol. The molecule has 0 spiro atoms. The van der Waals surface area contributed by atoms with Crippen LogP contribution in [-0.4, -0.2) is 17.4 Å². The van der Waals surface area contributed by atoms with Crippen LogP contribution in [-0.2, 0) is 12.3 Å². The largest absolute Gasteiger partial charge is 0.307 e. The molecule has 0 radical (unpaired) electrons. The van der Waals surface area contributed by atoms with Crippen LogP contribution in [0.25, 0.3) is 0 Å². The highest BCUT2D eigenvalue weighted by Crippen LogP contribution is 2.29. The van der Waals surface area contributed by atoms with Crippen LogP contribution < -0.4 is 4.90 Å². The van der Waals surface area contributed by atoms with Gasteiger partial charge in [0.25, 0.3) is 5.91 Å². The third-order valence-electron chi connectivity index (χ3n) is 3.01. The zero-order valence-corrected chi connectivity index (χ0v) is 11.5. The van der Waals surface area contributed by atoms with Crippen LogP contribution in [0.1, 0.15) is 20.4 Å². The van der Waals surface area contributed by atoms with Crippen molar-refractivity contribution in [1.29, 1.82) is 0 Å². The Morgan fingerprint density at radius 1 is 1.37 bits per heavy atom. The molecule has 0 saturated heterocycles. The Labute approximate surface area is 118 Å². The van der Waals surface area contributed by atoms with Crippen molar-refractivity contribution < 1.29 is 9.18 Å². The number of fused-ring (bicyclic) bond motifs is 1. The maximum absolute atomic E-state index is 12.9. The van der Waals surface area contributed by atoms with E-state index in [0.29, 0.717) is 29.4 Å². The van der Waals surface area contributed by atoms with E-state index in [9.17, 15) is 9.18 Å². The van der Waals surface area contributed by atoms with Gasteiger partial charge in [0.15, 0.2) is 0 Å². The van der Waals surface area contributed by atoms with Gasteiger partial charge in [-0.2, -0.15) is 0 Å². The Morgan fingerprint density at radius 2 is 2.11 bits per heavy atom. The Kier molecular flexibility index (Phi) is 3.24. The molecule has 2 heterocycles. The second-order valence-corrected chi connectivity index (χ2v) is 5.55. The topological polar surface area (TPSA) is 33.2 Å². The lowest BCUT2D eigenvalue weighted by Gasteiger charge is -2.26. The quantitative estimate of drug-likeness (QED) is 0.797. The van der Waals surface area contributed by atoms with E-state index >= 15 is 0 Å². The lowest BCUT2D eigenvalue weighted by atomic mass is 10.1. The number of nitrogens with zero attached hydrogens (tertiary/aromatic N) is 2. The van der Waals surface area contributed by atoms with E-state index in [1.54, 1.807) is 17.0 Å². The molecule has 1 aliphatic rings. The fourth-order valence-corrected chi connectivity index (χ4v) is 3.24. The number of hydrogen-bond donors (Lipinski definition) is 0. The first-order valence-corrected chi connectivity index (χ1v) is 7.16. The Hall–Kier alpha value is -1.46. The number of alkyl halides is 1. The first-order valence-electron chi connectivity index (χ1n) is 5.81. The van der Waals surface area contributed by atoms with Gasteiger partial charge in [-0.1, -0.05) is 0 Å². The smallest absolute Gasteiger partial charge is 0.270 e. The highest BCUT2D eigenvalue weighted by Gasteiger charge is 2.29. The number of amides is 1. The second kappa shape index (κ2) is 4.90. The van der Waals surface area contributed by atoms with Gasteiger partial charge >= 0.3 is 0 Å². The SMILES string of the molecule is O=C1c2sc(CCl)nc2CCN1c1ccc(F)cc1. The number of thiazole rings is 1. The van der Waals surface area contributed by atoms with Gasteiger partial charge in [0, 0.05) is 18.7 Å². The molecule has 3 nitrogen and oxygen atoms in total. The molecule has 0 fully saturated rings. The number of hydrogen-bond acceptors (Lipinski definition) is 3. The predicted molar refractivity (Wildman–Crippen MR) is 73.5 cm³/mol. The second-order valence-electron chi connectivity index (χ2n) is 4.20. The zero-order chi connectivity index (χ0) is 13.4. The molecule has 1 aliphatic heterocycles. The summed E-state index contributed by atoms with van der Waals surface area (Å²) in [6.07, 6.45) is 0.700. The molecule has 0 bridgehead atoms. The van der Waals surface area contributed by atoms with Gasteiger partial charge in [0.2, 0.25) is 0 Å². The van der Waals surface area contributed by atoms with Crippen molar-refractivity contribution in [2.45, 2.75) is 12.3 Å². The highest BCUT2D eigenvalue weighted by atomic mass is 35.5. The first kappa shape index (κ1) is 12.6. The number of benzene rings is 1. The Morgan fingerprint density at radius 3 is 2.79 bits per heavy atom. The van der Waals surface area contributed by atoms with E-state index in [2.05, 4.69) is 4.98 Å². The Bertz CT molecular complexity index is 626. The number of carbonyl (C=O) groups is 1. The van der Waals surface area contributed by atoms with Crippen LogP contribution in [0.15, 0.2) is 24.3 Å². The summed E-state index contributed by atoms with van der Waals surface area (Å²) >= 11 is 7.08. The number of rotatable bonds is 2. The maximum Gasteiger partial charge on any atom is 0.270 e. The van der Waals surface area contributed by atoms with Gasteiger partial charge < -0.3 is 4.90 Å². The summed E-state index contributed by atoms with van der Waals surface area (Å²) in [5, 5.41) is 0.765. The van der Waals surface area contributed by atoms with E-state index in [-0.39, 0.29) is 11.7 Å². The lowest BCUT2D eigenvalue weighted by Crippen LogP contribution is -2.36. The standard InChI is InChI=1S/C13H10ClFN2OS/c14-7-11-16-10-5-6-17(13(18)12(10)19-11)9-3-1-8(15)2-4-9/h1-4H,5-7H2. The van der Waals surface area contributed by atoms with Crippen LogP contribution in [0.4, 0.5) is 10.1 Å². The van der Waals surface area contributed by atoms with E-state index in [4.69, 9.17) is 11.6 Å². The monoisotopic (exact) mass is 296 g/mol. The minimum absolute atomic E-state index is 0.0817. The molecule has 1 amide bonds. The van der Waals surface area contributed by atoms with E-state index in [1.165, 1.54) is 23.5 Å². The van der Waals surface area contributed by atoms with E-state index < -0.39 is 0 Å². The average molecular weight is 297 g/mol. The lowest BCUT2D eigenvalue weighted by molar-refractivity contribution is 0.0984. The Balaban J connectivity index is 1.94. The molecule has 0 unspecified atom stereocenters.